The van der Waals surface area contributed by atoms with E-state index in [1.165, 1.54) is 4.90 Å². The van der Waals surface area contributed by atoms with Gasteiger partial charge in [0.1, 0.15) is 11.6 Å². The average Bonchev–Trinajstić information content (AvgIpc) is 3.35. The number of carbonyl (C=O) groups excluding carboxylic acids is 1. The number of amides is 2. The quantitative estimate of drug-likeness (QED) is 0.199. The number of hydrogen-bond donors (Lipinski definition) is 3. The van der Waals surface area contributed by atoms with Crippen molar-refractivity contribution in [1.82, 2.24) is 29.5 Å². The topological polar surface area (TPSA) is 152 Å². The molecule has 0 unspecified atom stereocenters. The Labute approximate surface area is 261 Å². The number of hydrogen-bond acceptors (Lipinski definition) is 8. The van der Waals surface area contributed by atoms with Crippen LogP contribution in [0.2, 0.25) is 0 Å². The molecule has 2 aliphatic heterocycles. The number of aryl methyl sites for hydroxylation is 3. The molecular formula is C33H35N9O3. The number of allylic oxidation sites excluding steroid dienone is 1. The van der Waals surface area contributed by atoms with Crippen LogP contribution in [-0.2, 0) is 24.8 Å². The molecule has 0 aliphatic carbocycles. The zero-order valence-electron chi connectivity index (χ0n) is 25.5. The standard InChI is InChI=1S/C33H35N9O3/c1-20-5-4-6-21(2)28(20)37-29-27-18-35-32(38-30(27)40(3)39-29)36-26-8-7-23-11-14-42(19-25(23)16-26)31(43)24(17-34)15-22-9-12-41(13-10-22)33(44)45/h4-8,15-16,18,22H,9-14,19H2,1-3H3,(H,37,39)(H,44,45)(H,35,36,38). The Hall–Kier alpha value is -5.44. The first-order valence-corrected chi connectivity index (χ1v) is 15.0. The fourth-order valence-corrected chi connectivity index (χ4v) is 6.08. The van der Waals surface area contributed by atoms with Crippen molar-refractivity contribution in [1.29, 1.82) is 5.26 Å². The Balaban J connectivity index is 1.15. The number of aromatic nitrogens is 4. The number of nitrogens with one attached hydrogen (secondary N) is 2. The summed E-state index contributed by atoms with van der Waals surface area (Å²) in [5, 5.41) is 31.2. The van der Waals surface area contributed by atoms with Gasteiger partial charge in [-0.1, -0.05) is 30.3 Å². The van der Waals surface area contributed by atoms with Gasteiger partial charge >= 0.3 is 6.09 Å². The molecule has 6 rings (SSSR count). The Morgan fingerprint density at radius 3 is 2.51 bits per heavy atom. The summed E-state index contributed by atoms with van der Waals surface area (Å²) in [7, 11) is 1.85. The Bertz CT molecular complexity index is 1840. The number of carbonyl (C=O) groups is 2. The Kier molecular flexibility index (Phi) is 8.08. The molecular weight excluding hydrogens is 570 g/mol. The molecule has 2 aliphatic rings. The van der Waals surface area contributed by atoms with Gasteiger partial charge in [-0.05, 0) is 73.4 Å². The van der Waals surface area contributed by atoms with Crippen molar-refractivity contribution < 1.29 is 14.7 Å². The predicted molar refractivity (Wildman–Crippen MR) is 170 cm³/mol. The minimum Gasteiger partial charge on any atom is -0.465 e. The van der Waals surface area contributed by atoms with E-state index in [0.29, 0.717) is 62.9 Å². The lowest BCUT2D eigenvalue weighted by atomic mass is 9.93. The molecule has 4 aromatic rings. The number of carboxylic acid groups (broad SMARTS) is 1. The summed E-state index contributed by atoms with van der Waals surface area (Å²) in [5.41, 5.74) is 7.00. The lowest BCUT2D eigenvalue weighted by molar-refractivity contribution is -0.127. The lowest BCUT2D eigenvalue weighted by Gasteiger charge is -2.30. The molecule has 3 N–H and O–H groups in total. The van der Waals surface area contributed by atoms with Crippen molar-refractivity contribution in [3.8, 4) is 6.07 Å². The van der Waals surface area contributed by atoms with E-state index < -0.39 is 6.09 Å². The van der Waals surface area contributed by atoms with Gasteiger partial charge in [0.15, 0.2) is 11.5 Å². The van der Waals surface area contributed by atoms with E-state index in [2.05, 4.69) is 52.8 Å². The number of para-hydroxylation sites is 1. The zero-order chi connectivity index (χ0) is 31.7. The number of nitriles is 1. The first kappa shape index (κ1) is 29.6. The van der Waals surface area contributed by atoms with Gasteiger partial charge in [-0.25, -0.2) is 14.5 Å². The summed E-state index contributed by atoms with van der Waals surface area (Å²) in [6.07, 6.45) is 4.43. The highest BCUT2D eigenvalue weighted by Crippen LogP contribution is 2.30. The van der Waals surface area contributed by atoms with Crippen molar-refractivity contribution >= 4 is 46.2 Å². The van der Waals surface area contributed by atoms with Crippen molar-refractivity contribution in [2.45, 2.75) is 39.7 Å². The van der Waals surface area contributed by atoms with Crippen molar-refractivity contribution in [2.75, 3.05) is 30.3 Å². The molecule has 4 heterocycles. The highest BCUT2D eigenvalue weighted by molar-refractivity contribution is 5.97. The summed E-state index contributed by atoms with van der Waals surface area (Å²) in [4.78, 5) is 36.9. The maximum atomic E-state index is 13.4. The minimum atomic E-state index is -0.936. The van der Waals surface area contributed by atoms with Gasteiger partial charge in [0.05, 0.1) is 5.39 Å². The molecule has 2 amide bonds. The van der Waals surface area contributed by atoms with Crippen LogP contribution in [0.25, 0.3) is 11.0 Å². The molecule has 2 aromatic carbocycles. The number of fused-ring (bicyclic) bond motifs is 2. The van der Waals surface area contributed by atoms with Gasteiger partial charge in [0, 0.05) is 50.8 Å². The molecule has 45 heavy (non-hydrogen) atoms. The van der Waals surface area contributed by atoms with Crippen LogP contribution in [0.4, 0.5) is 27.9 Å². The highest BCUT2D eigenvalue weighted by Gasteiger charge is 2.27. The SMILES string of the molecule is Cc1cccc(C)c1Nc1nn(C)c2nc(Nc3ccc4c(c3)CN(C(=O)C(C#N)=CC3CCN(C(=O)O)CC3)CC4)ncc12. The molecule has 0 radical (unpaired) electrons. The van der Waals surface area contributed by atoms with Crippen molar-refractivity contribution in [3.63, 3.8) is 0 Å². The maximum absolute atomic E-state index is 13.4. The fraction of sp³-hybridized carbons (Fsp3) is 0.333. The zero-order valence-corrected chi connectivity index (χ0v) is 25.5. The van der Waals surface area contributed by atoms with E-state index in [4.69, 9.17) is 4.98 Å². The minimum absolute atomic E-state index is 0.00211. The van der Waals surface area contributed by atoms with Gasteiger partial charge in [0.2, 0.25) is 5.95 Å². The van der Waals surface area contributed by atoms with Gasteiger partial charge in [0.25, 0.3) is 5.91 Å². The first-order chi connectivity index (χ1) is 21.7. The Morgan fingerprint density at radius 2 is 1.80 bits per heavy atom. The van der Waals surface area contributed by atoms with Crippen LogP contribution in [0, 0.1) is 31.1 Å². The van der Waals surface area contributed by atoms with Gasteiger partial charge in [-0.3, -0.25) is 4.79 Å². The van der Waals surface area contributed by atoms with Crippen molar-refractivity contribution in [2.24, 2.45) is 13.0 Å². The molecule has 12 heteroatoms. The van der Waals surface area contributed by atoms with E-state index in [1.54, 1.807) is 21.9 Å². The third-order valence-electron chi connectivity index (χ3n) is 8.63. The van der Waals surface area contributed by atoms with Gasteiger partial charge in [-0.15, -0.1) is 0 Å². The van der Waals surface area contributed by atoms with Crippen LogP contribution in [0.3, 0.4) is 0 Å². The molecule has 1 fully saturated rings. The molecule has 1 saturated heterocycles. The number of rotatable bonds is 6. The third-order valence-corrected chi connectivity index (χ3v) is 8.63. The van der Waals surface area contributed by atoms with Gasteiger partial charge in [-0.2, -0.15) is 15.3 Å². The molecule has 0 atom stereocenters. The maximum Gasteiger partial charge on any atom is 0.407 e. The fourth-order valence-electron chi connectivity index (χ4n) is 6.08. The summed E-state index contributed by atoms with van der Waals surface area (Å²) in [5.74, 6) is 0.822. The summed E-state index contributed by atoms with van der Waals surface area (Å²) in [6.45, 7) is 5.82. The Morgan fingerprint density at radius 1 is 1.04 bits per heavy atom. The lowest BCUT2D eigenvalue weighted by Crippen LogP contribution is -2.38. The first-order valence-electron chi connectivity index (χ1n) is 15.0. The summed E-state index contributed by atoms with van der Waals surface area (Å²) < 4.78 is 1.73. The smallest absolute Gasteiger partial charge is 0.407 e. The van der Waals surface area contributed by atoms with E-state index in [1.807, 2.05) is 31.3 Å². The molecule has 230 valence electrons. The van der Waals surface area contributed by atoms with Crippen LogP contribution in [-0.4, -0.2) is 66.3 Å². The largest absolute Gasteiger partial charge is 0.465 e. The van der Waals surface area contributed by atoms with E-state index in [-0.39, 0.29) is 17.4 Å². The molecule has 0 spiro atoms. The molecule has 0 bridgehead atoms. The normalized spacial score (nSPS) is 15.5. The molecule has 0 saturated carbocycles. The highest BCUT2D eigenvalue weighted by atomic mass is 16.4. The number of anilines is 4. The van der Waals surface area contributed by atoms with Crippen LogP contribution < -0.4 is 10.6 Å². The van der Waals surface area contributed by atoms with Crippen LogP contribution in [0.1, 0.15) is 35.1 Å². The second-order valence-corrected chi connectivity index (χ2v) is 11.7. The van der Waals surface area contributed by atoms with E-state index in [9.17, 15) is 20.0 Å². The average molecular weight is 606 g/mol. The number of nitrogens with zero attached hydrogens (tertiary/aromatic N) is 7. The number of likely N-dealkylation sites (tertiary alicyclic amines) is 1. The number of piperidine rings is 1. The summed E-state index contributed by atoms with van der Waals surface area (Å²) >= 11 is 0. The van der Waals surface area contributed by atoms with Crippen LogP contribution in [0.15, 0.2) is 54.2 Å². The van der Waals surface area contributed by atoms with Gasteiger partial charge < -0.3 is 25.5 Å². The third kappa shape index (κ3) is 6.15. The second-order valence-electron chi connectivity index (χ2n) is 11.7. The van der Waals surface area contributed by atoms with Crippen LogP contribution in [0.5, 0.6) is 0 Å². The van der Waals surface area contributed by atoms with Crippen molar-refractivity contribution in [3.05, 3.63) is 76.5 Å². The van der Waals surface area contributed by atoms with E-state index >= 15 is 0 Å². The predicted octanol–water partition coefficient (Wildman–Crippen LogP) is 5.19. The molecule has 12 nitrogen and oxygen atoms in total. The monoisotopic (exact) mass is 605 g/mol. The number of benzene rings is 2. The van der Waals surface area contributed by atoms with E-state index in [0.717, 1.165) is 39.0 Å². The van der Waals surface area contributed by atoms with Crippen LogP contribution >= 0.6 is 0 Å². The summed E-state index contributed by atoms with van der Waals surface area (Å²) in [6, 6.07) is 14.3. The molecule has 2 aromatic heterocycles. The second kappa shape index (κ2) is 12.3.